The van der Waals surface area contributed by atoms with Gasteiger partial charge in [-0.3, -0.25) is 0 Å². The molecule has 0 unspecified atom stereocenters. The molecule has 102 valence electrons. The van der Waals surface area contributed by atoms with Crippen LogP contribution in [0.4, 0.5) is 0 Å². The van der Waals surface area contributed by atoms with E-state index >= 15 is 0 Å². The van der Waals surface area contributed by atoms with Gasteiger partial charge < -0.3 is 9.88 Å². The molecule has 1 aromatic carbocycles. The first-order valence-electron chi connectivity index (χ1n) is 7.06. The van der Waals surface area contributed by atoms with Crippen LogP contribution in [0.1, 0.15) is 30.7 Å². The Labute approximate surface area is 128 Å². The SMILES string of the molecule is CN(C)C[C@H]1CCC[C@@H]1c1c[nH]c2ccc(I)cc12. The van der Waals surface area contributed by atoms with Crippen molar-refractivity contribution in [1.29, 1.82) is 0 Å². The van der Waals surface area contributed by atoms with E-state index in [0.717, 1.165) is 11.8 Å². The number of nitrogens with one attached hydrogen (secondary N) is 1. The minimum Gasteiger partial charge on any atom is -0.361 e. The standard InChI is InChI=1S/C16H21IN2/c1-19(2)10-11-4-3-5-13(11)15-9-18-16-7-6-12(17)8-14(15)16/h6-9,11,13,18H,3-5,10H2,1-2H3/t11-,13+/m1/s1. The van der Waals surface area contributed by atoms with Crippen molar-refractivity contribution in [2.75, 3.05) is 20.6 Å². The van der Waals surface area contributed by atoms with Crippen molar-refractivity contribution in [2.24, 2.45) is 5.92 Å². The Bertz CT molecular complexity index is 573. The second-order valence-electron chi connectivity index (χ2n) is 5.99. The quantitative estimate of drug-likeness (QED) is 0.804. The number of nitrogens with zero attached hydrogens (tertiary/aromatic N) is 1. The number of halogens is 1. The third-order valence-electron chi connectivity index (χ3n) is 4.33. The first kappa shape index (κ1) is 13.4. The Balaban J connectivity index is 1.96. The van der Waals surface area contributed by atoms with Crippen LogP contribution in [0.25, 0.3) is 10.9 Å². The van der Waals surface area contributed by atoms with Crippen molar-refractivity contribution in [3.63, 3.8) is 0 Å². The summed E-state index contributed by atoms with van der Waals surface area (Å²) < 4.78 is 1.33. The lowest BCUT2D eigenvalue weighted by atomic mass is 9.88. The first-order chi connectivity index (χ1) is 9.15. The molecule has 3 rings (SSSR count). The number of aromatic amines is 1. The predicted molar refractivity (Wildman–Crippen MR) is 89.7 cm³/mol. The fraction of sp³-hybridized carbons (Fsp3) is 0.500. The predicted octanol–water partition coefficient (Wildman–Crippen LogP) is 4.22. The molecule has 19 heavy (non-hydrogen) atoms. The average Bonchev–Trinajstić information content (AvgIpc) is 2.94. The lowest BCUT2D eigenvalue weighted by Crippen LogP contribution is -2.23. The molecule has 1 aliphatic carbocycles. The lowest BCUT2D eigenvalue weighted by molar-refractivity contribution is 0.310. The van der Waals surface area contributed by atoms with Crippen molar-refractivity contribution in [3.8, 4) is 0 Å². The topological polar surface area (TPSA) is 19.0 Å². The van der Waals surface area contributed by atoms with Gasteiger partial charge in [0.05, 0.1) is 0 Å². The maximum Gasteiger partial charge on any atom is 0.0457 e. The molecule has 0 amide bonds. The summed E-state index contributed by atoms with van der Waals surface area (Å²) >= 11 is 2.41. The molecular weight excluding hydrogens is 347 g/mol. The minimum atomic E-state index is 0.731. The lowest BCUT2D eigenvalue weighted by Gasteiger charge is -2.23. The van der Waals surface area contributed by atoms with E-state index in [1.807, 2.05) is 0 Å². The van der Waals surface area contributed by atoms with Crippen molar-refractivity contribution < 1.29 is 0 Å². The smallest absolute Gasteiger partial charge is 0.0457 e. The summed E-state index contributed by atoms with van der Waals surface area (Å²) in [7, 11) is 4.38. The summed E-state index contributed by atoms with van der Waals surface area (Å²) in [5.41, 5.74) is 2.82. The van der Waals surface area contributed by atoms with Gasteiger partial charge in [0.2, 0.25) is 0 Å². The number of H-pyrrole nitrogens is 1. The van der Waals surface area contributed by atoms with Crippen molar-refractivity contribution in [2.45, 2.75) is 25.2 Å². The maximum atomic E-state index is 3.45. The van der Waals surface area contributed by atoms with Crippen LogP contribution in [-0.2, 0) is 0 Å². The molecule has 0 radical (unpaired) electrons. The minimum absolute atomic E-state index is 0.731. The Morgan fingerprint density at radius 1 is 1.32 bits per heavy atom. The number of hydrogen-bond acceptors (Lipinski definition) is 1. The van der Waals surface area contributed by atoms with E-state index in [4.69, 9.17) is 0 Å². The van der Waals surface area contributed by atoms with Crippen LogP contribution in [-0.4, -0.2) is 30.5 Å². The Morgan fingerprint density at radius 2 is 2.16 bits per heavy atom. The highest BCUT2D eigenvalue weighted by atomic mass is 127. The van der Waals surface area contributed by atoms with Crippen LogP contribution < -0.4 is 0 Å². The molecular formula is C16H21IN2. The molecule has 3 heteroatoms. The van der Waals surface area contributed by atoms with Gasteiger partial charge in [-0.25, -0.2) is 0 Å². The summed E-state index contributed by atoms with van der Waals surface area (Å²) in [6, 6.07) is 6.71. The molecule has 1 aromatic heterocycles. The van der Waals surface area contributed by atoms with Gasteiger partial charge in [-0.2, -0.15) is 0 Å². The fourth-order valence-electron chi connectivity index (χ4n) is 3.56. The van der Waals surface area contributed by atoms with Crippen molar-refractivity contribution in [3.05, 3.63) is 33.5 Å². The van der Waals surface area contributed by atoms with Crippen LogP contribution in [0.3, 0.4) is 0 Å². The molecule has 1 aliphatic rings. The molecule has 2 aromatic rings. The Hall–Kier alpha value is -0.550. The number of benzene rings is 1. The normalized spacial score (nSPS) is 23.6. The number of rotatable bonds is 3. The monoisotopic (exact) mass is 368 g/mol. The Morgan fingerprint density at radius 3 is 2.95 bits per heavy atom. The van der Waals surface area contributed by atoms with Gasteiger partial charge in [0, 0.05) is 27.2 Å². The summed E-state index contributed by atoms with van der Waals surface area (Å²) in [5, 5.41) is 1.43. The zero-order valence-corrected chi connectivity index (χ0v) is 13.8. The zero-order valence-electron chi connectivity index (χ0n) is 11.6. The highest BCUT2D eigenvalue weighted by Gasteiger charge is 2.30. The van der Waals surface area contributed by atoms with Gasteiger partial charge in [-0.15, -0.1) is 0 Å². The highest BCUT2D eigenvalue weighted by Crippen LogP contribution is 2.42. The van der Waals surface area contributed by atoms with E-state index in [9.17, 15) is 0 Å². The molecule has 0 saturated heterocycles. The molecule has 0 aliphatic heterocycles. The van der Waals surface area contributed by atoms with E-state index < -0.39 is 0 Å². The molecule has 0 spiro atoms. The highest BCUT2D eigenvalue weighted by molar-refractivity contribution is 14.1. The van der Waals surface area contributed by atoms with Crippen LogP contribution in [0.5, 0.6) is 0 Å². The Kier molecular flexibility index (Phi) is 3.85. The van der Waals surface area contributed by atoms with Gasteiger partial charge in [0.25, 0.3) is 0 Å². The molecule has 1 fully saturated rings. The van der Waals surface area contributed by atoms with Crippen LogP contribution in [0.2, 0.25) is 0 Å². The second-order valence-corrected chi connectivity index (χ2v) is 7.24. The van der Waals surface area contributed by atoms with Gasteiger partial charge in [-0.05, 0) is 85.1 Å². The van der Waals surface area contributed by atoms with Crippen LogP contribution in [0, 0.1) is 9.49 Å². The zero-order chi connectivity index (χ0) is 13.4. The van der Waals surface area contributed by atoms with Crippen molar-refractivity contribution in [1.82, 2.24) is 9.88 Å². The van der Waals surface area contributed by atoms with Crippen LogP contribution in [0.15, 0.2) is 24.4 Å². The molecule has 2 atom stereocenters. The van der Waals surface area contributed by atoms with E-state index in [0.29, 0.717) is 0 Å². The van der Waals surface area contributed by atoms with Crippen molar-refractivity contribution >= 4 is 33.5 Å². The summed E-state index contributed by atoms with van der Waals surface area (Å²) in [4.78, 5) is 5.78. The molecule has 2 nitrogen and oxygen atoms in total. The van der Waals surface area contributed by atoms with E-state index in [2.05, 4.69) is 71.0 Å². The van der Waals surface area contributed by atoms with Crippen LogP contribution >= 0.6 is 22.6 Å². The van der Waals surface area contributed by atoms with Gasteiger partial charge >= 0.3 is 0 Å². The van der Waals surface area contributed by atoms with Gasteiger partial charge in [-0.1, -0.05) is 6.42 Å². The summed E-state index contributed by atoms with van der Waals surface area (Å²) in [6.07, 6.45) is 6.34. The first-order valence-corrected chi connectivity index (χ1v) is 8.14. The number of fused-ring (bicyclic) bond motifs is 1. The molecule has 1 heterocycles. The van der Waals surface area contributed by atoms with E-state index in [-0.39, 0.29) is 0 Å². The summed E-state index contributed by atoms with van der Waals surface area (Å²) in [6.45, 7) is 1.21. The number of aromatic nitrogens is 1. The third kappa shape index (κ3) is 2.68. The maximum absolute atomic E-state index is 3.45. The third-order valence-corrected chi connectivity index (χ3v) is 5.00. The molecule has 1 N–H and O–H groups in total. The largest absolute Gasteiger partial charge is 0.361 e. The summed E-state index contributed by atoms with van der Waals surface area (Å²) in [5.74, 6) is 1.54. The molecule has 1 saturated carbocycles. The van der Waals surface area contributed by atoms with Gasteiger partial charge in [0.1, 0.15) is 0 Å². The molecule has 0 bridgehead atoms. The average molecular weight is 368 g/mol. The van der Waals surface area contributed by atoms with E-state index in [1.54, 1.807) is 0 Å². The second kappa shape index (κ2) is 5.44. The van der Waals surface area contributed by atoms with Gasteiger partial charge in [0.15, 0.2) is 0 Å². The number of hydrogen-bond donors (Lipinski definition) is 1. The fourth-order valence-corrected chi connectivity index (χ4v) is 4.05. The van der Waals surface area contributed by atoms with E-state index in [1.165, 1.54) is 45.8 Å².